The zero-order valence-corrected chi connectivity index (χ0v) is 13.0. The topological polar surface area (TPSA) is 65.1 Å². The zero-order chi connectivity index (χ0) is 15.4. The van der Waals surface area contributed by atoms with Gasteiger partial charge in [0.15, 0.2) is 5.84 Å². The van der Waals surface area contributed by atoms with Gasteiger partial charge in [0, 0.05) is 38.3 Å². The predicted octanol–water partition coefficient (Wildman–Crippen LogP) is 1.59. The number of hydrogen-bond acceptors (Lipinski definition) is 4. The molecule has 3 N–H and O–H groups in total. The van der Waals surface area contributed by atoms with Gasteiger partial charge in [0.25, 0.3) is 0 Å². The number of nitrogens with zero attached hydrogens (tertiary/aromatic N) is 3. The molecule has 0 spiro atoms. The number of piperazine rings is 1. The first-order chi connectivity index (χ1) is 10.0. The van der Waals surface area contributed by atoms with Gasteiger partial charge in [-0.25, -0.2) is 8.78 Å². The molecular weight excluding hydrogens is 346 g/mol. The van der Waals surface area contributed by atoms with Crippen LogP contribution in [0.4, 0.5) is 8.78 Å². The Labute approximate surface area is 130 Å². The fraction of sp³-hybridized carbons (Fsp3) is 0.462. The summed E-state index contributed by atoms with van der Waals surface area (Å²) in [6.07, 6.45) is 0. The van der Waals surface area contributed by atoms with Crippen LogP contribution in [-0.4, -0.2) is 53.6 Å². The number of rotatable bonds is 4. The molecule has 0 atom stereocenters. The third-order valence-electron chi connectivity index (χ3n) is 3.50. The molecule has 0 amide bonds. The quantitative estimate of drug-likeness (QED) is 0.280. The van der Waals surface area contributed by atoms with E-state index >= 15 is 0 Å². The Hall–Kier alpha value is -1.25. The lowest BCUT2D eigenvalue weighted by atomic mass is 10.1. The van der Waals surface area contributed by atoms with E-state index in [1.165, 1.54) is 12.1 Å². The molecule has 21 heavy (non-hydrogen) atoms. The van der Waals surface area contributed by atoms with Crippen molar-refractivity contribution in [3.05, 3.63) is 33.8 Å². The Morgan fingerprint density at radius 3 is 2.48 bits per heavy atom. The summed E-state index contributed by atoms with van der Waals surface area (Å²) in [5.41, 5.74) is 5.54. The van der Waals surface area contributed by atoms with Crippen molar-refractivity contribution in [2.45, 2.75) is 6.54 Å². The minimum atomic E-state index is -0.547. The van der Waals surface area contributed by atoms with Gasteiger partial charge in [-0.1, -0.05) is 5.16 Å². The third-order valence-corrected chi connectivity index (χ3v) is 4.11. The van der Waals surface area contributed by atoms with Crippen LogP contribution in [0.25, 0.3) is 0 Å². The second kappa shape index (κ2) is 7.15. The van der Waals surface area contributed by atoms with Crippen LogP contribution in [0.3, 0.4) is 0 Å². The lowest BCUT2D eigenvalue weighted by Crippen LogP contribution is -2.48. The second-order valence-electron chi connectivity index (χ2n) is 4.97. The minimum absolute atomic E-state index is 0.0780. The molecule has 0 saturated carbocycles. The number of hydrogen-bond donors (Lipinski definition) is 2. The van der Waals surface area contributed by atoms with Gasteiger partial charge in [-0.2, -0.15) is 0 Å². The minimum Gasteiger partial charge on any atom is -0.409 e. The number of nitrogens with two attached hydrogens (primary N) is 1. The molecule has 0 radical (unpaired) electrons. The Morgan fingerprint density at radius 2 is 1.86 bits per heavy atom. The van der Waals surface area contributed by atoms with Crippen molar-refractivity contribution < 1.29 is 14.0 Å². The lowest BCUT2D eigenvalue weighted by Gasteiger charge is -2.34. The fourth-order valence-corrected chi connectivity index (χ4v) is 2.68. The van der Waals surface area contributed by atoms with E-state index in [9.17, 15) is 8.78 Å². The molecule has 2 rings (SSSR count). The van der Waals surface area contributed by atoms with Gasteiger partial charge in [-0.15, -0.1) is 0 Å². The van der Waals surface area contributed by atoms with Gasteiger partial charge in [-0.05, 0) is 28.1 Å². The van der Waals surface area contributed by atoms with Gasteiger partial charge >= 0.3 is 0 Å². The van der Waals surface area contributed by atoms with Crippen LogP contribution < -0.4 is 5.73 Å². The maximum absolute atomic E-state index is 13.9. The highest BCUT2D eigenvalue weighted by molar-refractivity contribution is 9.10. The van der Waals surface area contributed by atoms with Crippen LogP contribution >= 0.6 is 15.9 Å². The number of benzene rings is 1. The SMILES string of the molecule is N/C(CN1CCN(Cc2c(F)ccc(Br)c2F)CC1)=N/O. The van der Waals surface area contributed by atoms with E-state index in [2.05, 4.69) is 21.1 Å². The summed E-state index contributed by atoms with van der Waals surface area (Å²) in [4.78, 5) is 4.01. The van der Waals surface area contributed by atoms with Crippen LogP contribution in [0.2, 0.25) is 0 Å². The Balaban J connectivity index is 1.94. The maximum Gasteiger partial charge on any atom is 0.153 e. The molecule has 0 aromatic heterocycles. The Bertz CT molecular complexity index is 533. The molecule has 0 bridgehead atoms. The van der Waals surface area contributed by atoms with Crippen molar-refractivity contribution in [3.8, 4) is 0 Å². The largest absolute Gasteiger partial charge is 0.409 e. The second-order valence-corrected chi connectivity index (χ2v) is 5.82. The predicted molar refractivity (Wildman–Crippen MR) is 79.2 cm³/mol. The number of halogens is 3. The first-order valence-electron chi connectivity index (χ1n) is 6.54. The highest BCUT2D eigenvalue weighted by atomic mass is 79.9. The standard InChI is InChI=1S/C13H17BrF2N4O/c14-10-1-2-11(15)9(13(10)16)7-19-3-5-20(6-4-19)8-12(17)18-21/h1-2,21H,3-8H2,(H2,17,18). The van der Waals surface area contributed by atoms with E-state index in [0.717, 1.165) is 0 Å². The molecule has 8 heteroatoms. The van der Waals surface area contributed by atoms with E-state index in [4.69, 9.17) is 10.9 Å². The highest BCUT2D eigenvalue weighted by Crippen LogP contribution is 2.23. The van der Waals surface area contributed by atoms with Crippen molar-refractivity contribution >= 4 is 21.8 Å². The van der Waals surface area contributed by atoms with Crippen molar-refractivity contribution in [2.24, 2.45) is 10.9 Å². The van der Waals surface area contributed by atoms with Gasteiger partial charge in [0.2, 0.25) is 0 Å². The summed E-state index contributed by atoms with van der Waals surface area (Å²) in [5.74, 6) is -0.920. The maximum atomic E-state index is 13.9. The van der Waals surface area contributed by atoms with E-state index < -0.39 is 11.6 Å². The highest BCUT2D eigenvalue weighted by Gasteiger charge is 2.21. The lowest BCUT2D eigenvalue weighted by molar-refractivity contribution is 0.136. The molecule has 1 heterocycles. The van der Waals surface area contributed by atoms with Crippen molar-refractivity contribution in [1.29, 1.82) is 0 Å². The van der Waals surface area contributed by atoms with E-state index in [-0.39, 0.29) is 22.4 Å². The molecule has 116 valence electrons. The first-order valence-corrected chi connectivity index (χ1v) is 7.34. The summed E-state index contributed by atoms with van der Waals surface area (Å²) in [7, 11) is 0. The molecule has 1 saturated heterocycles. The Morgan fingerprint density at radius 1 is 1.24 bits per heavy atom. The third kappa shape index (κ3) is 4.12. The zero-order valence-electron chi connectivity index (χ0n) is 11.4. The molecule has 1 aromatic rings. The van der Waals surface area contributed by atoms with Crippen LogP contribution in [0.5, 0.6) is 0 Å². The van der Waals surface area contributed by atoms with Crippen LogP contribution in [0.1, 0.15) is 5.56 Å². The van der Waals surface area contributed by atoms with Crippen molar-refractivity contribution in [1.82, 2.24) is 9.80 Å². The monoisotopic (exact) mass is 362 g/mol. The molecule has 1 fully saturated rings. The van der Waals surface area contributed by atoms with E-state index in [1.54, 1.807) is 0 Å². The average Bonchev–Trinajstić information content (AvgIpc) is 2.49. The fourth-order valence-electron chi connectivity index (χ4n) is 2.30. The van der Waals surface area contributed by atoms with Gasteiger partial charge in [0.1, 0.15) is 11.6 Å². The van der Waals surface area contributed by atoms with Crippen molar-refractivity contribution in [2.75, 3.05) is 32.7 Å². The van der Waals surface area contributed by atoms with Gasteiger partial charge < -0.3 is 10.9 Å². The molecule has 1 aromatic carbocycles. The molecule has 0 aliphatic carbocycles. The summed E-state index contributed by atoms with van der Waals surface area (Å²) < 4.78 is 27.9. The van der Waals surface area contributed by atoms with Crippen LogP contribution in [0.15, 0.2) is 21.8 Å². The van der Waals surface area contributed by atoms with E-state index in [1.807, 2.05) is 9.80 Å². The normalized spacial score (nSPS) is 18.1. The smallest absolute Gasteiger partial charge is 0.153 e. The van der Waals surface area contributed by atoms with Crippen LogP contribution in [-0.2, 0) is 6.54 Å². The molecule has 1 aliphatic heterocycles. The Kier molecular flexibility index (Phi) is 5.49. The molecule has 5 nitrogen and oxygen atoms in total. The van der Waals surface area contributed by atoms with Gasteiger partial charge in [-0.3, -0.25) is 9.80 Å². The number of amidine groups is 1. The number of oxime groups is 1. The first kappa shape index (κ1) is 16.1. The average molecular weight is 363 g/mol. The molecular formula is C13H17BrF2N4O. The summed E-state index contributed by atoms with van der Waals surface area (Å²) in [5, 5.41) is 11.5. The summed E-state index contributed by atoms with van der Waals surface area (Å²) in [6.45, 7) is 3.37. The summed E-state index contributed by atoms with van der Waals surface area (Å²) >= 11 is 3.07. The molecule has 0 unspecified atom stereocenters. The molecule has 1 aliphatic rings. The van der Waals surface area contributed by atoms with E-state index in [0.29, 0.717) is 32.7 Å². The summed E-state index contributed by atoms with van der Waals surface area (Å²) in [6, 6.07) is 2.63. The van der Waals surface area contributed by atoms with Crippen molar-refractivity contribution in [3.63, 3.8) is 0 Å². The van der Waals surface area contributed by atoms with Crippen LogP contribution in [0, 0.1) is 11.6 Å². The van der Waals surface area contributed by atoms with Gasteiger partial charge in [0.05, 0.1) is 11.0 Å².